The molecule has 14 nitrogen and oxygen atoms in total. The van der Waals surface area contributed by atoms with Crippen LogP contribution in [0.5, 0.6) is 0 Å². The zero-order valence-electron chi connectivity index (χ0n) is 43.6. The van der Waals surface area contributed by atoms with Crippen molar-refractivity contribution >= 4 is 5.91 Å². The van der Waals surface area contributed by atoms with Crippen LogP contribution in [0, 0.1) is 0 Å². The van der Waals surface area contributed by atoms with Crippen molar-refractivity contribution in [3.63, 3.8) is 0 Å². The second-order valence-electron chi connectivity index (χ2n) is 20.4. The summed E-state index contributed by atoms with van der Waals surface area (Å²) >= 11 is 0. The maximum absolute atomic E-state index is 13.2. The molecular weight excluding hydrogens is 883 g/mol. The summed E-state index contributed by atoms with van der Waals surface area (Å²) in [5, 5.41) is 87.0. The Bertz CT molecular complexity index is 1210. The zero-order chi connectivity index (χ0) is 50.3. The van der Waals surface area contributed by atoms with Crippen LogP contribution in [-0.4, -0.2) is 140 Å². The van der Waals surface area contributed by atoms with Gasteiger partial charge in [0.05, 0.1) is 32.0 Å². The van der Waals surface area contributed by atoms with Gasteiger partial charge < -0.3 is 65.1 Å². The average Bonchev–Trinajstić information content (AvgIpc) is 3.35. The average molecular weight is 988 g/mol. The molecule has 0 bridgehead atoms. The van der Waals surface area contributed by atoms with Crippen molar-refractivity contribution < 1.29 is 64.6 Å². The predicted octanol–water partition coefficient (Wildman–Crippen LogP) is 8.72. The lowest BCUT2D eigenvalue weighted by atomic mass is 9.97. The van der Waals surface area contributed by atoms with Crippen LogP contribution >= 0.6 is 0 Å². The van der Waals surface area contributed by atoms with E-state index in [2.05, 4.69) is 19.2 Å². The molecule has 4 unspecified atom stereocenters. The van der Waals surface area contributed by atoms with E-state index < -0.39 is 86.8 Å². The normalized spacial score (nSPS) is 26.2. The number of rotatable bonds is 45. The summed E-state index contributed by atoms with van der Waals surface area (Å²) in [6.07, 6.45) is 29.6. The Morgan fingerprint density at radius 2 is 0.899 bits per heavy atom. The first-order chi connectivity index (χ1) is 33.6. The molecule has 0 saturated carbocycles. The fourth-order valence-corrected chi connectivity index (χ4v) is 9.59. The van der Waals surface area contributed by atoms with E-state index in [0.29, 0.717) is 6.42 Å². The predicted molar refractivity (Wildman–Crippen MR) is 272 cm³/mol. The number of allylic oxidation sites excluding steroid dienone is 1. The second-order valence-corrected chi connectivity index (χ2v) is 20.4. The third kappa shape index (κ3) is 28.7. The van der Waals surface area contributed by atoms with Crippen LogP contribution < -0.4 is 5.32 Å². The van der Waals surface area contributed by atoms with Crippen molar-refractivity contribution in [1.82, 2.24) is 5.32 Å². The van der Waals surface area contributed by atoms with Crippen molar-refractivity contribution in [2.75, 3.05) is 19.8 Å². The number of carbonyl (C=O) groups is 1. The van der Waals surface area contributed by atoms with Crippen molar-refractivity contribution in [2.45, 2.75) is 312 Å². The Morgan fingerprint density at radius 3 is 1.33 bits per heavy atom. The molecule has 0 spiro atoms. The summed E-state index contributed by atoms with van der Waals surface area (Å²) in [6, 6.07) is -0.908. The Balaban J connectivity index is 1.79. The largest absolute Gasteiger partial charge is 0.394 e. The highest BCUT2D eigenvalue weighted by atomic mass is 16.7. The number of carbonyl (C=O) groups excluding carboxylic acids is 1. The van der Waals surface area contributed by atoms with Crippen LogP contribution in [0.25, 0.3) is 0 Å². The molecule has 0 aromatic carbocycles. The van der Waals surface area contributed by atoms with E-state index in [0.717, 1.165) is 38.5 Å². The summed E-state index contributed by atoms with van der Waals surface area (Å²) in [6.45, 7) is 2.82. The fraction of sp³-hybridized carbons (Fsp3) is 0.945. The molecule has 9 N–H and O–H groups in total. The monoisotopic (exact) mass is 988 g/mol. The van der Waals surface area contributed by atoms with Gasteiger partial charge in [-0.05, 0) is 19.3 Å². The first-order valence-electron chi connectivity index (χ1n) is 28.4. The Labute approximate surface area is 418 Å². The van der Waals surface area contributed by atoms with Crippen LogP contribution in [-0.2, 0) is 23.7 Å². The van der Waals surface area contributed by atoms with E-state index in [-0.39, 0.29) is 18.9 Å². The van der Waals surface area contributed by atoms with Crippen LogP contribution in [0.4, 0.5) is 0 Å². The smallest absolute Gasteiger partial charge is 0.220 e. The van der Waals surface area contributed by atoms with E-state index in [1.54, 1.807) is 6.08 Å². The van der Waals surface area contributed by atoms with Gasteiger partial charge in [0.25, 0.3) is 0 Å². The molecule has 12 atom stereocenters. The third-order valence-corrected chi connectivity index (χ3v) is 14.2. The van der Waals surface area contributed by atoms with Gasteiger partial charge in [-0.3, -0.25) is 4.79 Å². The van der Waals surface area contributed by atoms with Crippen LogP contribution in [0.3, 0.4) is 0 Å². The maximum atomic E-state index is 13.2. The van der Waals surface area contributed by atoms with Crippen LogP contribution in [0.2, 0.25) is 0 Å². The molecular formula is C55H105NO13. The molecule has 2 fully saturated rings. The number of nitrogens with one attached hydrogen (secondary N) is 1. The standard InChI is InChI=1S/C55H105NO13/c1-3-5-7-9-11-13-15-17-19-21-22-23-25-27-29-31-33-35-37-39-47(60)56-43(44(59)38-36-34-32-30-28-26-24-20-18-16-14-12-10-8-6-4-2)42-66-54-52(65)50(63)53(46(41-58)68-54)69-55-51(64)49(62)48(61)45(40-57)67-55/h36,38,43-46,48-55,57-59,61-65H,3-35,37,39-42H2,1-2H3,(H,56,60)/b38-36+/t43-,44+,45+,46+,48-,49?,50?,51?,52?,53+,54+,55-/m0/s1. The number of ether oxygens (including phenoxy) is 4. The van der Waals surface area contributed by atoms with E-state index in [1.807, 2.05) is 6.08 Å². The van der Waals surface area contributed by atoms with E-state index in [9.17, 15) is 45.6 Å². The van der Waals surface area contributed by atoms with Gasteiger partial charge in [-0.15, -0.1) is 0 Å². The van der Waals surface area contributed by atoms with Gasteiger partial charge >= 0.3 is 0 Å². The van der Waals surface area contributed by atoms with Gasteiger partial charge in [0, 0.05) is 6.42 Å². The summed E-state index contributed by atoms with van der Waals surface area (Å²) in [5.74, 6) is -0.235. The highest BCUT2D eigenvalue weighted by Gasteiger charge is 2.51. The molecule has 0 aliphatic carbocycles. The van der Waals surface area contributed by atoms with Crippen molar-refractivity contribution in [3.05, 3.63) is 12.2 Å². The highest BCUT2D eigenvalue weighted by Crippen LogP contribution is 2.30. The SMILES string of the molecule is CCCCCCCCCCCCCCCC/C=C/[C@@H](O)[C@H](CO[C@@H]1O[C@H](CO)[C@@H](O[C@@H]2O[C@H](CO)[C@H](O)C(O)C2O)C(O)C1O)NC(=O)CCCCCCCCCCCCCCCCCCCCC. The molecule has 14 heteroatoms. The molecule has 2 saturated heterocycles. The topological polar surface area (TPSA) is 228 Å². The summed E-state index contributed by atoms with van der Waals surface area (Å²) < 4.78 is 22.8. The quantitative estimate of drug-likeness (QED) is 0.0206. The highest BCUT2D eigenvalue weighted by molar-refractivity contribution is 5.76. The van der Waals surface area contributed by atoms with E-state index in [1.165, 1.54) is 173 Å². The molecule has 0 radical (unpaired) electrons. The molecule has 2 aliphatic rings. The summed E-state index contributed by atoms with van der Waals surface area (Å²) in [4.78, 5) is 13.2. The molecule has 0 aromatic heterocycles. The van der Waals surface area contributed by atoms with Gasteiger partial charge in [-0.25, -0.2) is 0 Å². The Hall–Kier alpha value is -1.27. The van der Waals surface area contributed by atoms with Gasteiger partial charge in [0.1, 0.15) is 48.8 Å². The fourth-order valence-electron chi connectivity index (χ4n) is 9.59. The van der Waals surface area contributed by atoms with Crippen molar-refractivity contribution in [3.8, 4) is 0 Å². The minimum absolute atomic E-state index is 0.235. The molecule has 408 valence electrons. The lowest BCUT2D eigenvalue weighted by molar-refractivity contribution is -0.359. The maximum Gasteiger partial charge on any atom is 0.220 e. The Kier molecular flexibility index (Phi) is 39.0. The van der Waals surface area contributed by atoms with Gasteiger partial charge in [0.15, 0.2) is 12.6 Å². The van der Waals surface area contributed by atoms with Gasteiger partial charge in [-0.2, -0.15) is 0 Å². The first-order valence-corrected chi connectivity index (χ1v) is 28.4. The third-order valence-electron chi connectivity index (χ3n) is 14.2. The minimum Gasteiger partial charge on any atom is -0.394 e. The Morgan fingerprint density at radius 1 is 0.507 bits per heavy atom. The molecule has 0 aromatic rings. The van der Waals surface area contributed by atoms with Crippen LogP contribution in [0.15, 0.2) is 12.2 Å². The molecule has 2 aliphatic heterocycles. The molecule has 2 rings (SSSR count). The van der Waals surface area contributed by atoms with Gasteiger partial charge in [-0.1, -0.05) is 225 Å². The lowest BCUT2D eigenvalue weighted by Crippen LogP contribution is -2.65. The number of aliphatic hydroxyl groups is 8. The first kappa shape index (κ1) is 63.8. The second kappa shape index (κ2) is 42.1. The molecule has 1 amide bonds. The van der Waals surface area contributed by atoms with Crippen LogP contribution in [0.1, 0.15) is 239 Å². The summed E-state index contributed by atoms with van der Waals surface area (Å²) in [7, 11) is 0. The molecule has 2 heterocycles. The zero-order valence-corrected chi connectivity index (χ0v) is 43.6. The van der Waals surface area contributed by atoms with Gasteiger partial charge in [0.2, 0.25) is 5.91 Å². The van der Waals surface area contributed by atoms with Crippen molar-refractivity contribution in [2.24, 2.45) is 0 Å². The number of aliphatic hydroxyl groups excluding tert-OH is 8. The number of unbranched alkanes of at least 4 members (excludes halogenated alkanes) is 32. The van der Waals surface area contributed by atoms with E-state index >= 15 is 0 Å². The van der Waals surface area contributed by atoms with E-state index in [4.69, 9.17) is 18.9 Å². The summed E-state index contributed by atoms with van der Waals surface area (Å²) in [5.41, 5.74) is 0. The number of hydrogen-bond acceptors (Lipinski definition) is 13. The van der Waals surface area contributed by atoms with Crippen molar-refractivity contribution in [1.29, 1.82) is 0 Å². The lowest BCUT2D eigenvalue weighted by Gasteiger charge is -2.46. The number of amides is 1. The number of hydrogen-bond donors (Lipinski definition) is 9. The molecule has 69 heavy (non-hydrogen) atoms. The minimum atomic E-state index is -1.78.